The lowest BCUT2D eigenvalue weighted by Gasteiger charge is -2.29. The molecular formula is C13H24N4O3S. The van der Waals surface area contributed by atoms with Gasteiger partial charge < -0.3 is 10.1 Å². The Bertz CT molecular complexity index is 582. The summed E-state index contributed by atoms with van der Waals surface area (Å²) in [5.41, 5.74) is 1.49. The number of nitrogens with one attached hydrogen (secondary N) is 2. The lowest BCUT2D eigenvalue weighted by Crippen LogP contribution is -2.44. The smallest absolute Gasteiger partial charge is 0.262 e. The van der Waals surface area contributed by atoms with Gasteiger partial charge in [0.2, 0.25) is 0 Å². The van der Waals surface area contributed by atoms with Crippen molar-refractivity contribution >= 4 is 10.0 Å². The van der Waals surface area contributed by atoms with Crippen LogP contribution < -0.4 is 5.32 Å². The van der Waals surface area contributed by atoms with Crippen molar-refractivity contribution in [3.8, 4) is 0 Å². The predicted octanol–water partition coefficient (Wildman–Crippen LogP) is 0.626. The van der Waals surface area contributed by atoms with Crippen LogP contribution in [0.15, 0.2) is 5.03 Å². The van der Waals surface area contributed by atoms with E-state index in [4.69, 9.17) is 4.74 Å². The molecule has 1 aliphatic heterocycles. The van der Waals surface area contributed by atoms with Crippen molar-refractivity contribution in [2.45, 2.75) is 51.4 Å². The minimum Gasteiger partial charge on any atom is -0.376 e. The minimum absolute atomic E-state index is 0.0918. The highest BCUT2D eigenvalue weighted by Gasteiger charge is 2.33. The molecule has 2 rings (SSSR count). The van der Waals surface area contributed by atoms with Crippen LogP contribution in [0.25, 0.3) is 0 Å². The van der Waals surface area contributed by atoms with Crippen LogP contribution in [0.1, 0.15) is 32.0 Å². The highest BCUT2D eigenvalue weighted by atomic mass is 32.2. The van der Waals surface area contributed by atoms with E-state index in [2.05, 4.69) is 15.5 Å². The Morgan fingerprint density at radius 3 is 2.86 bits per heavy atom. The lowest BCUT2D eigenvalue weighted by molar-refractivity contribution is 0.0101. The molecule has 7 nitrogen and oxygen atoms in total. The van der Waals surface area contributed by atoms with Crippen LogP contribution in [0.5, 0.6) is 0 Å². The summed E-state index contributed by atoms with van der Waals surface area (Å²) in [6.45, 7) is 9.39. The summed E-state index contributed by atoms with van der Waals surface area (Å²) in [4.78, 5) is 0. The van der Waals surface area contributed by atoms with E-state index in [1.54, 1.807) is 0 Å². The van der Waals surface area contributed by atoms with Gasteiger partial charge in [-0.15, -0.1) is 0 Å². The first-order valence-corrected chi connectivity index (χ1v) is 8.65. The maximum absolute atomic E-state index is 12.8. The molecule has 0 spiro atoms. The number of aromatic amines is 1. The first kappa shape index (κ1) is 16.4. The molecule has 1 aliphatic rings. The third-order valence-electron chi connectivity index (χ3n) is 3.51. The molecule has 1 aromatic rings. The molecule has 1 unspecified atom stereocenters. The fourth-order valence-electron chi connectivity index (χ4n) is 2.28. The zero-order valence-electron chi connectivity index (χ0n) is 13.0. The quantitative estimate of drug-likeness (QED) is 0.832. The monoisotopic (exact) mass is 316 g/mol. The van der Waals surface area contributed by atoms with E-state index in [0.717, 1.165) is 5.69 Å². The molecule has 1 saturated heterocycles. The maximum Gasteiger partial charge on any atom is 0.262 e. The Hall–Kier alpha value is -0.960. The first-order valence-electron chi connectivity index (χ1n) is 7.21. The summed E-state index contributed by atoms with van der Waals surface area (Å²) in [6, 6.07) is 0.276. The molecule has 0 saturated carbocycles. The summed E-state index contributed by atoms with van der Waals surface area (Å²) < 4.78 is 32.4. The Morgan fingerprint density at radius 1 is 1.52 bits per heavy atom. The summed E-state index contributed by atoms with van der Waals surface area (Å²) >= 11 is 0. The molecule has 1 aromatic heterocycles. The number of hydrogen-bond acceptors (Lipinski definition) is 5. The topological polar surface area (TPSA) is 87.3 Å². The van der Waals surface area contributed by atoms with Crippen LogP contribution in [0, 0.1) is 6.92 Å². The van der Waals surface area contributed by atoms with E-state index in [1.165, 1.54) is 4.31 Å². The zero-order valence-corrected chi connectivity index (χ0v) is 13.8. The van der Waals surface area contributed by atoms with E-state index in [9.17, 15) is 8.42 Å². The fraction of sp³-hybridized carbons (Fsp3) is 0.769. The molecule has 0 amide bonds. The van der Waals surface area contributed by atoms with E-state index in [1.807, 2.05) is 27.7 Å². The molecule has 1 atom stereocenters. The number of sulfonamides is 1. The lowest BCUT2D eigenvalue weighted by atomic mass is 10.2. The predicted molar refractivity (Wildman–Crippen MR) is 79.5 cm³/mol. The van der Waals surface area contributed by atoms with Gasteiger partial charge in [0.15, 0.2) is 5.03 Å². The normalized spacial score (nSPS) is 21.1. The van der Waals surface area contributed by atoms with Crippen LogP contribution in [-0.2, 0) is 21.3 Å². The van der Waals surface area contributed by atoms with Gasteiger partial charge in [-0.25, -0.2) is 8.42 Å². The van der Waals surface area contributed by atoms with Gasteiger partial charge in [0.1, 0.15) is 0 Å². The van der Waals surface area contributed by atoms with Crippen molar-refractivity contribution in [1.82, 2.24) is 19.8 Å². The van der Waals surface area contributed by atoms with Gasteiger partial charge in [-0.3, -0.25) is 5.10 Å². The molecular weight excluding hydrogens is 292 g/mol. The van der Waals surface area contributed by atoms with Gasteiger partial charge in [0, 0.05) is 36.9 Å². The SMILES string of the molecule is Cc1[nH]nc(S(=O)(=O)N2CCOC(C)C2)c1CNC(C)C. The summed E-state index contributed by atoms with van der Waals surface area (Å²) in [5, 5.41) is 10.2. The third-order valence-corrected chi connectivity index (χ3v) is 5.35. The van der Waals surface area contributed by atoms with Gasteiger partial charge in [-0.2, -0.15) is 9.40 Å². The average Bonchev–Trinajstić information content (AvgIpc) is 2.78. The third kappa shape index (κ3) is 3.63. The van der Waals surface area contributed by atoms with Crippen molar-refractivity contribution in [3.63, 3.8) is 0 Å². The van der Waals surface area contributed by atoms with Crippen molar-refractivity contribution < 1.29 is 13.2 Å². The van der Waals surface area contributed by atoms with E-state index in [-0.39, 0.29) is 17.2 Å². The van der Waals surface area contributed by atoms with Crippen LogP contribution in [0.2, 0.25) is 0 Å². The maximum atomic E-state index is 12.8. The molecule has 8 heteroatoms. The number of aryl methyl sites for hydroxylation is 1. The van der Waals surface area contributed by atoms with Crippen molar-refractivity contribution in [2.75, 3.05) is 19.7 Å². The highest BCUT2D eigenvalue weighted by molar-refractivity contribution is 7.89. The molecule has 0 aromatic carbocycles. The van der Waals surface area contributed by atoms with E-state index >= 15 is 0 Å². The van der Waals surface area contributed by atoms with E-state index in [0.29, 0.717) is 31.8 Å². The summed E-state index contributed by atoms with van der Waals surface area (Å²) in [6.07, 6.45) is -0.0918. The molecule has 120 valence electrons. The number of aromatic nitrogens is 2. The Balaban J connectivity index is 2.27. The first-order chi connectivity index (χ1) is 9.82. The Labute approximate surface area is 126 Å². The second kappa shape index (κ2) is 6.43. The summed E-state index contributed by atoms with van der Waals surface area (Å²) in [7, 11) is -3.58. The second-order valence-electron chi connectivity index (χ2n) is 5.71. The van der Waals surface area contributed by atoms with Crippen LogP contribution in [0.3, 0.4) is 0 Å². The standard InChI is InChI=1S/C13H24N4O3S/c1-9(2)14-7-12-11(4)15-16-13(12)21(18,19)17-5-6-20-10(3)8-17/h9-10,14H,5-8H2,1-4H3,(H,15,16). The van der Waals surface area contributed by atoms with Crippen LogP contribution in [-0.4, -0.2) is 54.8 Å². The average molecular weight is 316 g/mol. The van der Waals surface area contributed by atoms with Crippen molar-refractivity contribution in [3.05, 3.63) is 11.3 Å². The molecule has 0 aliphatic carbocycles. The van der Waals surface area contributed by atoms with Gasteiger partial charge in [-0.05, 0) is 13.8 Å². The zero-order chi connectivity index (χ0) is 15.6. The van der Waals surface area contributed by atoms with Gasteiger partial charge in [0.05, 0.1) is 12.7 Å². The minimum atomic E-state index is -3.58. The van der Waals surface area contributed by atoms with Gasteiger partial charge >= 0.3 is 0 Å². The number of hydrogen-bond donors (Lipinski definition) is 2. The molecule has 1 fully saturated rings. The number of rotatable bonds is 5. The van der Waals surface area contributed by atoms with Gasteiger partial charge in [0.25, 0.3) is 10.0 Å². The number of H-pyrrole nitrogens is 1. The summed E-state index contributed by atoms with van der Waals surface area (Å²) in [5.74, 6) is 0. The largest absolute Gasteiger partial charge is 0.376 e. The molecule has 2 heterocycles. The van der Waals surface area contributed by atoms with Crippen LogP contribution >= 0.6 is 0 Å². The van der Waals surface area contributed by atoms with Crippen LogP contribution in [0.4, 0.5) is 0 Å². The van der Waals surface area contributed by atoms with E-state index < -0.39 is 10.0 Å². The molecule has 0 radical (unpaired) electrons. The number of ether oxygens (including phenoxy) is 1. The number of nitrogens with zero attached hydrogens (tertiary/aromatic N) is 2. The Morgan fingerprint density at radius 2 is 2.24 bits per heavy atom. The fourth-order valence-corrected chi connectivity index (χ4v) is 3.95. The molecule has 21 heavy (non-hydrogen) atoms. The second-order valence-corrected chi connectivity index (χ2v) is 7.57. The van der Waals surface area contributed by atoms with Crippen molar-refractivity contribution in [1.29, 1.82) is 0 Å². The van der Waals surface area contributed by atoms with Gasteiger partial charge in [-0.1, -0.05) is 13.8 Å². The van der Waals surface area contributed by atoms with Crippen molar-refractivity contribution in [2.24, 2.45) is 0 Å². The number of morpholine rings is 1. The highest BCUT2D eigenvalue weighted by Crippen LogP contribution is 2.22. The molecule has 2 N–H and O–H groups in total. The Kier molecular flexibility index (Phi) is 5.03. The molecule has 0 bridgehead atoms.